The second kappa shape index (κ2) is 5.28. The quantitative estimate of drug-likeness (QED) is 0.829. The molecule has 0 unspecified atom stereocenters. The Balaban J connectivity index is 2.60. The smallest absolute Gasteiger partial charge is 0.313 e. The third-order valence-corrected chi connectivity index (χ3v) is 4.68. The Morgan fingerprint density at radius 2 is 1.50 bits per heavy atom. The number of rotatable bonds is 3. The molecule has 0 saturated carbocycles. The third-order valence-electron chi connectivity index (χ3n) is 4.15. The van der Waals surface area contributed by atoms with Crippen molar-refractivity contribution < 1.29 is 22.4 Å². The van der Waals surface area contributed by atoms with Crippen molar-refractivity contribution in [3.05, 3.63) is 35.9 Å². The molecule has 0 amide bonds. The third kappa shape index (κ3) is 3.33. The fourth-order valence-electron chi connectivity index (χ4n) is 3.68. The van der Waals surface area contributed by atoms with Crippen molar-refractivity contribution in [3.8, 4) is 0 Å². The molecule has 0 radical (unpaired) electrons. The van der Waals surface area contributed by atoms with Crippen molar-refractivity contribution >= 4 is 10.4 Å². The molecular weight excluding hydrogens is 306 g/mol. The lowest BCUT2D eigenvalue weighted by Crippen LogP contribution is -2.63. The van der Waals surface area contributed by atoms with Crippen molar-refractivity contribution in [1.29, 1.82) is 0 Å². The van der Waals surface area contributed by atoms with Gasteiger partial charge in [0.05, 0.1) is 0 Å². The summed E-state index contributed by atoms with van der Waals surface area (Å²) >= 11 is 0. The minimum Gasteiger partial charge on any atom is -0.313 e. The van der Waals surface area contributed by atoms with E-state index < -0.39 is 27.1 Å². The second-order valence-electron chi connectivity index (χ2n) is 7.16. The summed E-state index contributed by atoms with van der Waals surface area (Å²) in [6, 6.07) is 8.93. The highest BCUT2D eigenvalue weighted by Crippen LogP contribution is 2.50. The van der Waals surface area contributed by atoms with E-state index in [0.717, 1.165) is 0 Å². The number of piperidine rings is 1. The molecule has 7 heteroatoms. The number of hydroxylamine groups is 2. The Hall–Kier alpha value is -0.990. The van der Waals surface area contributed by atoms with Gasteiger partial charge in [-0.2, -0.15) is 13.5 Å². The van der Waals surface area contributed by atoms with Crippen LogP contribution in [0.1, 0.15) is 46.1 Å². The van der Waals surface area contributed by atoms with Gasteiger partial charge in [-0.1, -0.05) is 30.3 Å². The molecule has 0 spiro atoms. The average molecular weight is 329 g/mol. The van der Waals surface area contributed by atoms with Crippen LogP contribution in [0.3, 0.4) is 0 Å². The van der Waals surface area contributed by atoms with E-state index in [1.165, 1.54) is 5.06 Å². The summed E-state index contributed by atoms with van der Waals surface area (Å²) in [5.74, 6) is 0. The minimum atomic E-state index is -4.65. The molecule has 1 saturated heterocycles. The molecule has 1 aliphatic heterocycles. The van der Waals surface area contributed by atoms with Crippen LogP contribution in [-0.4, -0.2) is 34.3 Å². The van der Waals surface area contributed by atoms with Crippen LogP contribution in [0.5, 0.6) is 0 Å². The van der Waals surface area contributed by atoms with Gasteiger partial charge in [0.2, 0.25) is 0 Å². The van der Waals surface area contributed by atoms with Gasteiger partial charge < -0.3 is 5.21 Å². The fraction of sp³-hybridized carbons (Fsp3) is 0.600. The van der Waals surface area contributed by atoms with Crippen LogP contribution in [0.2, 0.25) is 0 Å². The van der Waals surface area contributed by atoms with Crippen molar-refractivity contribution in [2.45, 2.75) is 57.2 Å². The monoisotopic (exact) mass is 329 g/mol. The molecule has 1 aliphatic rings. The molecule has 2 N–H and O–H groups in total. The largest absolute Gasteiger partial charge is 0.398 e. The van der Waals surface area contributed by atoms with Crippen LogP contribution >= 0.6 is 0 Å². The SMILES string of the molecule is CC1(C)CC(OS(=O)(=O)O)(c2ccccc2)CC(C)(C)N1O. The first kappa shape index (κ1) is 17.4. The lowest BCUT2D eigenvalue weighted by Gasteiger charge is -2.55. The molecule has 6 nitrogen and oxygen atoms in total. The summed E-state index contributed by atoms with van der Waals surface area (Å²) in [4.78, 5) is 0. The molecule has 22 heavy (non-hydrogen) atoms. The van der Waals surface area contributed by atoms with Crippen molar-refractivity contribution in [2.75, 3.05) is 0 Å². The Labute approximate surface area is 131 Å². The highest BCUT2D eigenvalue weighted by molar-refractivity contribution is 7.80. The first-order valence-corrected chi connectivity index (χ1v) is 8.47. The van der Waals surface area contributed by atoms with Gasteiger partial charge >= 0.3 is 10.4 Å². The summed E-state index contributed by atoms with van der Waals surface area (Å²) in [6.07, 6.45) is 0.424. The van der Waals surface area contributed by atoms with Gasteiger partial charge in [-0.05, 0) is 33.3 Å². The molecule has 2 rings (SSSR count). The number of hydrogen-bond donors (Lipinski definition) is 2. The van der Waals surface area contributed by atoms with E-state index in [1.807, 2.05) is 6.07 Å². The Bertz CT molecular complexity index is 621. The zero-order chi connectivity index (χ0) is 16.8. The molecule has 0 bridgehead atoms. The van der Waals surface area contributed by atoms with Crippen LogP contribution in [0.25, 0.3) is 0 Å². The van der Waals surface area contributed by atoms with Crippen LogP contribution in [-0.2, 0) is 20.2 Å². The van der Waals surface area contributed by atoms with E-state index in [4.69, 9.17) is 4.18 Å². The maximum atomic E-state index is 11.4. The normalized spacial score (nSPS) is 24.1. The van der Waals surface area contributed by atoms with Crippen LogP contribution in [0.4, 0.5) is 0 Å². The zero-order valence-corrected chi connectivity index (χ0v) is 14.1. The molecule has 0 atom stereocenters. The molecule has 0 aromatic heterocycles. The fourth-order valence-corrected chi connectivity index (χ4v) is 4.30. The van der Waals surface area contributed by atoms with E-state index in [9.17, 15) is 18.2 Å². The Morgan fingerprint density at radius 3 is 1.91 bits per heavy atom. The lowest BCUT2D eigenvalue weighted by atomic mass is 9.69. The van der Waals surface area contributed by atoms with Gasteiger partial charge in [-0.25, -0.2) is 4.18 Å². The molecule has 1 heterocycles. The number of hydrogen-bond acceptors (Lipinski definition) is 5. The highest BCUT2D eigenvalue weighted by Gasteiger charge is 2.55. The minimum absolute atomic E-state index is 0.212. The predicted octanol–water partition coefficient (Wildman–Crippen LogP) is 2.74. The maximum absolute atomic E-state index is 11.4. The standard InChI is InChI=1S/C15H23NO5S/c1-13(2)10-15(21-22(18,19)20,11-14(3,4)16(13)17)12-8-6-5-7-9-12/h5-9,17H,10-11H2,1-4H3,(H,18,19,20). The van der Waals surface area contributed by atoms with Gasteiger partial charge in [0.25, 0.3) is 0 Å². The summed E-state index contributed by atoms with van der Waals surface area (Å²) in [5, 5.41) is 11.6. The Morgan fingerprint density at radius 1 is 1.05 bits per heavy atom. The van der Waals surface area contributed by atoms with E-state index in [-0.39, 0.29) is 12.8 Å². The van der Waals surface area contributed by atoms with Crippen molar-refractivity contribution in [3.63, 3.8) is 0 Å². The second-order valence-corrected chi connectivity index (χ2v) is 8.18. The predicted molar refractivity (Wildman–Crippen MR) is 81.8 cm³/mol. The van der Waals surface area contributed by atoms with Gasteiger partial charge in [-0.15, -0.1) is 0 Å². The molecule has 1 aromatic rings. The molecule has 124 valence electrons. The summed E-state index contributed by atoms with van der Waals surface area (Å²) in [5.41, 5.74) is -2.05. The summed E-state index contributed by atoms with van der Waals surface area (Å²) in [6.45, 7) is 7.22. The van der Waals surface area contributed by atoms with Crippen LogP contribution in [0, 0.1) is 0 Å². The lowest BCUT2D eigenvalue weighted by molar-refractivity contribution is -0.273. The van der Waals surface area contributed by atoms with Crippen molar-refractivity contribution in [1.82, 2.24) is 5.06 Å². The van der Waals surface area contributed by atoms with Gasteiger partial charge in [-0.3, -0.25) is 4.55 Å². The van der Waals surface area contributed by atoms with Crippen LogP contribution < -0.4 is 0 Å². The first-order chi connectivity index (χ1) is 9.88. The van der Waals surface area contributed by atoms with Gasteiger partial charge in [0.15, 0.2) is 0 Å². The van der Waals surface area contributed by atoms with Crippen LogP contribution in [0.15, 0.2) is 30.3 Å². The number of benzene rings is 1. The van der Waals surface area contributed by atoms with E-state index in [2.05, 4.69) is 0 Å². The maximum Gasteiger partial charge on any atom is 0.398 e. The zero-order valence-electron chi connectivity index (χ0n) is 13.3. The van der Waals surface area contributed by atoms with E-state index in [1.54, 1.807) is 52.0 Å². The first-order valence-electron chi connectivity index (χ1n) is 7.11. The topological polar surface area (TPSA) is 87.1 Å². The number of nitrogens with zero attached hydrogens (tertiary/aromatic N) is 1. The molecule has 1 fully saturated rings. The van der Waals surface area contributed by atoms with Crippen molar-refractivity contribution in [2.24, 2.45) is 0 Å². The molecule has 0 aliphatic carbocycles. The summed E-state index contributed by atoms with van der Waals surface area (Å²) in [7, 11) is -4.65. The molecule has 1 aromatic carbocycles. The van der Waals surface area contributed by atoms with Gasteiger partial charge in [0.1, 0.15) is 5.60 Å². The Kier molecular flexibility index (Phi) is 4.17. The van der Waals surface area contributed by atoms with Gasteiger partial charge in [0, 0.05) is 23.9 Å². The average Bonchev–Trinajstić information content (AvgIpc) is 2.34. The highest BCUT2D eigenvalue weighted by atomic mass is 32.3. The molecular formula is C15H23NO5S. The van der Waals surface area contributed by atoms with E-state index in [0.29, 0.717) is 5.56 Å². The van der Waals surface area contributed by atoms with E-state index >= 15 is 0 Å². The summed E-state index contributed by atoms with van der Waals surface area (Å²) < 4.78 is 37.3.